The van der Waals surface area contributed by atoms with Gasteiger partial charge in [-0.15, -0.1) is 0 Å². The van der Waals surface area contributed by atoms with E-state index in [2.05, 4.69) is 5.32 Å². The van der Waals surface area contributed by atoms with E-state index in [0.29, 0.717) is 0 Å². The molecule has 5 nitrogen and oxygen atoms in total. The Bertz CT molecular complexity index is 560. The summed E-state index contributed by atoms with van der Waals surface area (Å²) in [6, 6.07) is 9.72. The summed E-state index contributed by atoms with van der Waals surface area (Å²) in [7, 11) is 0. The van der Waals surface area contributed by atoms with Gasteiger partial charge in [0.1, 0.15) is 6.54 Å². The zero-order chi connectivity index (χ0) is 12.3. The van der Waals surface area contributed by atoms with Crippen molar-refractivity contribution in [3.63, 3.8) is 0 Å². The van der Waals surface area contributed by atoms with Crippen LogP contribution in [-0.2, 0) is 16.1 Å². The van der Waals surface area contributed by atoms with Gasteiger partial charge in [-0.05, 0) is 17.5 Å². The van der Waals surface area contributed by atoms with Gasteiger partial charge in [0, 0.05) is 11.7 Å². The maximum absolute atomic E-state index is 11.5. The first-order valence-corrected chi connectivity index (χ1v) is 5.25. The molecule has 2 amide bonds. The molecule has 0 unspecified atom stereocenters. The van der Waals surface area contributed by atoms with Crippen LogP contribution in [-0.4, -0.2) is 22.9 Å². The van der Waals surface area contributed by atoms with Crippen molar-refractivity contribution >= 4 is 22.7 Å². The number of rotatable bonds is 4. The molecule has 0 aliphatic heterocycles. The number of amides is 2. The molecule has 1 heterocycles. The molecule has 0 saturated heterocycles. The van der Waals surface area contributed by atoms with Gasteiger partial charge >= 0.3 is 0 Å². The lowest BCUT2D eigenvalue weighted by molar-refractivity contribution is -0.125. The average Bonchev–Trinajstić information content (AvgIpc) is 2.70. The highest BCUT2D eigenvalue weighted by atomic mass is 16.2. The van der Waals surface area contributed by atoms with Crippen LogP contribution in [0.3, 0.4) is 0 Å². The highest BCUT2D eigenvalue weighted by molar-refractivity contribution is 5.85. The van der Waals surface area contributed by atoms with E-state index >= 15 is 0 Å². The topological polar surface area (TPSA) is 77.1 Å². The summed E-state index contributed by atoms with van der Waals surface area (Å²) in [5.74, 6) is -0.777. The van der Waals surface area contributed by atoms with Crippen LogP contribution in [0.15, 0.2) is 36.5 Å². The highest BCUT2D eigenvalue weighted by Crippen LogP contribution is 2.14. The first-order chi connectivity index (χ1) is 8.16. The van der Waals surface area contributed by atoms with Gasteiger partial charge in [-0.3, -0.25) is 9.59 Å². The molecular weight excluding hydrogens is 218 g/mol. The maximum atomic E-state index is 11.5. The van der Waals surface area contributed by atoms with Crippen LogP contribution < -0.4 is 11.1 Å². The van der Waals surface area contributed by atoms with Gasteiger partial charge in [-0.1, -0.05) is 18.2 Å². The van der Waals surface area contributed by atoms with Crippen molar-refractivity contribution in [1.82, 2.24) is 9.88 Å². The molecule has 0 aliphatic carbocycles. The van der Waals surface area contributed by atoms with Crippen LogP contribution in [0.4, 0.5) is 0 Å². The van der Waals surface area contributed by atoms with Crippen molar-refractivity contribution < 1.29 is 9.59 Å². The zero-order valence-electron chi connectivity index (χ0n) is 9.22. The molecule has 0 fully saturated rings. The van der Waals surface area contributed by atoms with Crippen LogP contribution in [0.25, 0.3) is 10.9 Å². The summed E-state index contributed by atoms with van der Waals surface area (Å²) in [5, 5.41) is 3.53. The molecule has 2 aromatic rings. The Morgan fingerprint density at radius 1 is 1.24 bits per heavy atom. The summed E-state index contributed by atoms with van der Waals surface area (Å²) in [6.45, 7) is 0.0544. The molecule has 1 aromatic heterocycles. The maximum Gasteiger partial charge on any atom is 0.240 e. The molecule has 0 aliphatic rings. The molecule has 88 valence electrons. The number of hydrogen-bond donors (Lipinski definition) is 2. The summed E-state index contributed by atoms with van der Waals surface area (Å²) in [4.78, 5) is 22.0. The Balaban J connectivity index is 2.08. The van der Waals surface area contributed by atoms with Crippen molar-refractivity contribution in [3.05, 3.63) is 36.5 Å². The van der Waals surface area contributed by atoms with E-state index in [1.54, 1.807) is 0 Å². The summed E-state index contributed by atoms with van der Waals surface area (Å²) < 4.78 is 1.83. The Morgan fingerprint density at radius 2 is 2.00 bits per heavy atom. The van der Waals surface area contributed by atoms with Crippen LogP contribution in [0.2, 0.25) is 0 Å². The molecule has 5 heteroatoms. The zero-order valence-corrected chi connectivity index (χ0v) is 9.22. The Hall–Kier alpha value is -2.30. The van der Waals surface area contributed by atoms with E-state index in [1.807, 2.05) is 41.1 Å². The quantitative estimate of drug-likeness (QED) is 0.790. The van der Waals surface area contributed by atoms with Gasteiger partial charge in [0.15, 0.2) is 0 Å². The molecule has 0 bridgehead atoms. The number of nitrogens with two attached hydrogens (primary N) is 1. The van der Waals surface area contributed by atoms with Crippen molar-refractivity contribution in [2.75, 3.05) is 6.54 Å². The first kappa shape index (κ1) is 11.2. The number of nitrogens with zero attached hydrogens (tertiary/aromatic N) is 1. The van der Waals surface area contributed by atoms with E-state index in [-0.39, 0.29) is 19.0 Å². The molecule has 2 rings (SSSR count). The minimum atomic E-state index is -0.546. The van der Waals surface area contributed by atoms with E-state index in [1.165, 1.54) is 0 Å². The predicted molar refractivity (Wildman–Crippen MR) is 64.1 cm³/mol. The number of fused-ring (bicyclic) bond motifs is 1. The van der Waals surface area contributed by atoms with Crippen molar-refractivity contribution in [2.45, 2.75) is 6.54 Å². The van der Waals surface area contributed by atoms with Gasteiger partial charge in [0.05, 0.1) is 6.54 Å². The molecule has 0 spiro atoms. The normalized spacial score (nSPS) is 10.4. The number of aromatic nitrogens is 1. The number of nitrogens with one attached hydrogen (secondary N) is 1. The molecule has 17 heavy (non-hydrogen) atoms. The van der Waals surface area contributed by atoms with E-state index in [4.69, 9.17) is 5.73 Å². The van der Waals surface area contributed by atoms with Gasteiger partial charge in [0.2, 0.25) is 11.8 Å². The minimum absolute atomic E-state index is 0.127. The fourth-order valence-corrected chi connectivity index (χ4v) is 1.67. The second kappa shape index (κ2) is 4.69. The Labute approximate surface area is 98.2 Å². The first-order valence-electron chi connectivity index (χ1n) is 5.25. The lowest BCUT2D eigenvalue weighted by atomic mass is 10.2. The average molecular weight is 231 g/mol. The molecule has 0 atom stereocenters. The van der Waals surface area contributed by atoms with Crippen LogP contribution in [0, 0.1) is 0 Å². The minimum Gasteiger partial charge on any atom is -0.368 e. The molecular formula is C12H13N3O2. The Morgan fingerprint density at radius 3 is 2.76 bits per heavy atom. The molecule has 1 aromatic carbocycles. The van der Waals surface area contributed by atoms with Crippen molar-refractivity contribution in [1.29, 1.82) is 0 Å². The van der Waals surface area contributed by atoms with E-state index < -0.39 is 5.91 Å². The molecule has 0 radical (unpaired) electrons. The number of carbonyl (C=O) groups is 2. The lowest BCUT2D eigenvalue weighted by Gasteiger charge is -2.05. The largest absolute Gasteiger partial charge is 0.368 e. The summed E-state index contributed by atoms with van der Waals surface area (Å²) in [6.07, 6.45) is 1.84. The van der Waals surface area contributed by atoms with Gasteiger partial charge in [-0.2, -0.15) is 0 Å². The van der Waals surface area contributed by atoms with Crippen molar-refractivity contribution in [3.8, 4) is 0 Å². The fraction of sp³-hybridized carbons (Fsp3) is 0.167. The van der Waals surface area contributed by atoms with E-state index in [9.17, 15) is 9.59 Å². The monoisotopic (exact) mass is 231 g/mol. The lowest BCUT2D eigenvalue weighted by Crippen LogP contribution is -2.35. The number of hydrogen-bond acceptors (Lipinski definition) is 2. The third-order valence-electron chi connectivity index (χ3n) is 2.45. The van der Waals surface area contributed by atoms with Crippen LogP contribution in [0.5, 0.6) is 0 Å². The van der Waals surface area contributed by atoms with Crippen LogP contribution >= 0.6 is 0 Å². The van der Waals surface area contributed by atoms with Crippen LogP contribution in [0.1, 0.15) is 0 Å². The third-order valence-corrected chi connectivity index (χ3v) is 2.45. The SMILES string of the molecule is NC(=O)CNC(=O)Cn1ccc2ccccc21. The number of carbonyl (C=O) groups excluding carboxylic acids is 2. The standard InChI is InChI=1S/C12H13N3O2/c13-11(16)7-14-12(17)8-15-6-5-9-3-1-2-4-10(9)15/h1-6H,7-8H2,(H2,13,16)(H,14,17). The van der Waals surface area contributed by atoms with Crippen molar-refractivity contribution in [2.24, 2.45) is 5.73 Å². The van der Waals surface area contributed by atoms with Gasteiger partial charge in [0.25, 0.3) is 0 Å². The van der Waals surface area contributed by atoms with E-state index in [0.717, 1.165) is 10.9 Å². The summed E-state index contributed by atoms with van der Waals surface area (Å²) >= 11 is 0. The fourth-order valence-electron chi connectivity index (χ4n) is 1.67. The smallest absolute Gasteiger partial charge is 0.240 e. The number of para-hydroxylation sites is 1. The predicted octanol–water partition coefficient (Wildman–Crippen LogP) is 0.243. The molecule has 3 N–H and O–H groups in total. The number of benzene rings is 1. The highest BCUT2D eigenvalue weighted by Gasteiger charge is 2.06. The Kier molecular flexibility index (Phi) is 3.09. The second-order valence-electron chi connectivity index (χ2n) is 3.75. The molecule has 0 saturated carbocycles. The summed E-state index contributed by atoms with van der Waals surface area (Å²) in [5.41, 5.74) is 5.93. The van der Waals surface area contributed by atoms with Gasteiger partial charge < -0.3 is 15.6 Å². The van der Waals surface area contributed by atoms with Gasteiger partial charge in [-0.25, -0.2) is 0 Å². The number of primary amides is 1. The second-order valence-corrected chi connectivity index (χ2v) is 3.75. The third kappa shape index (κ3) is 2.63.